The Labute approximate surface area is 175 Å². The summed E-state index contributed by atoms with van der Waals surface area (Å²) < 4.78 is 10.8. The van der Waals surface area contributed by atoms with Crippen molar-refractivity contribution in [1.29, 1.82) is 0 Å². The maximum atomic E-state index is 13.0. The highest BCUT2D eigenvalue weighted by atomic mass is 35.5. The van der Waals surface area contributed by atoms with Crippen molar-refractivity contribution in [2.24, 2.45) is 0 Å². The Morgan fingerprint density at radius 1 is 1.28 bits per heavy atom. The third-order valence-corrected chi connectivity index (χ3v) is 4.93. The number of aryl methyl sites for hydroxylation is 1. The van der Waals surface area contributed by atoms with Crippen LogP contribution in [0.2, 0.25) is 5.02 Å². The Hall–Kier alpha value is -2.86. The van der Waals surface area contributed by atoms with Crippen LogP contribution >= 0.6 is 11.6 Å². The second-order valence-corrected chi connectivity index (χ2v) is 7.68. The van der Waals surface area contributed by atoms with Gasteiger partial charge in [0.25, 0.3) is 5.91 Å². The fourth-order valence-electron chi connectivity index (χ4n) is 3.10. The van der Waals surface area contributed by atoms with Crippen LogP contribution in [-0.2, 0) is 6.54 Å². The van der Waals surface area contributed by atoms with Gasteiger partial charge in [-0.15, -0.1) is 0 Å². The van der Waals surface area contributed by atoms with Crippen LogP contribution in [0.4, 0.5) is 0 Å². The molecule has 0 aliphatic heterocycles. The van der Waals surface area contributed by atoms with Gasteiger partial charge in [-0.05, 0) is 48.2 Å². The van der Waals surface area contributed by atoms with Crippen molar-refractivity contribution in [2.75, 3.05) is 14.2 Å². The van der Waals surface area contributed by atoms with Gasteiger partial charge in [0.05, 0.1) is 13.7 Å². The van der Waals surface area contributed by atoms with Crippen LogP contribution in [0.5, 0.6) is 5.75 Å². The number of carbonyl (C=O) groups excluding carboxylic acids is 1. The first-order valence-corrected chi connectivity index (χ1v) is 9.70. The number of amides is 1. The third kappa shape index (κ3) is 4.59. The summed E-state index contributed by atoms with van der Waals surface area (Å²) in [7, 11) is 3.35. The van der Waals surface area contributed by atoms with Gasteiger partial charge in [0.2, 0.25) is 11.7 Å². The molecule has 3 rings (SSSR count). The second kappa shape index (κ2) is 8.66. The van der Waals surface area contributed by atoms with Gasteiger partial charge in [-0.1, -0.05) is 42.7 Å². The normalized spacial score (nSPS) is 11.0. The molecule has 0 aliphatic carbocycles. The monoisotopic (exact) mass is 413 g/mol. The summed E-state index contributed by atoms with van der Waals surface area (Å²) in [6.45, 7) is 6.24. The number of aromatic nitrogens is 2. The molecule has 0 saturated carbocycles. The van der Waals surface area contributed by atoms with E-state index in [0.717, 1.165) is 22.4 Å². The first-order chi connectivity index (χ1) is 13.8. The first-order valence-electron chi connectivity index (χ1n) is 9.32. The standard InChI is InChI=1S/C22H24ClN3O3/c1-13(2)17-11-18(14(3)9-19(17)28-5)22(27)26(4)12-20-24-21(25-29-20)15-7-6-8-16(23)10-15/h6-11,13H,12H2,1-5H3. The topological polar surface area (TPSA) is 68.5 Å². The van der Waals surface area contributed by atoms with Crippen LogP contribution in [-0.4, -0.2) is 35.1 Å². The third-order valence-electron chi connectivity index (χ3n) is 4.70. The maximum Gasteiger partial charge on any atom is 0.254 e. The van der Waals surface area contributed by atoms with Gasteiger partial charge in [-0.2, -0.15) is 4.98 Å². The van der Waals surface area contributed by atoms with Crippen molar-refractivity contribution >= 4 is 17.5 Å². The van der Waals surface area contributed by atoms with E-state index in [4.69, 9.17) is 20.9 Å². The van der Waals surface area contributed by atoms with E-state index in [9.17, 15) is 4.79 Å². The number of hydrogen-bond donors (Lipinski definition) is 0. The van der Waals surface area contributed by atoms with Crippen LogP contribution in [0.1, 0.15) is 47.1 Å². The van der Waals surface area contributed by atoms with Gasteiger partial charge in [0.15, 0.2) is 0 Å². The quantitative estimate of drug-likeness (QED) is 0.562. The molecular formula is C22H24ClN3O3. The molecule has 152 valence electrons. The van der Waals surface area contributed by atoms with Gasteiger partial charge < -0.3 is 14.2 Å². The lowest BCUT2D eigenvalue weighted by Crippen LogP contribution is -2.27. The number of rotatable bonds is 6. The number of hydrogen-bond acceptors (Lipinski definition) is 5. The molecule has 2 aromatic carbocycles. The van der Waals surface area contributed by atoms with Crippen molar-refractivity contribution in [3.8, 4) is 17.1 Å². The van der Waals surface area contributed by atoms with E-state index in [1.807, 2.05) is 31.2 Å². The molecule has 7 heteroatoms. The minimum absolute atomic E-state index is 0.116. The SMILES string of the molecule is COc1cc(C)c(C(=O)N(C)Cc2nc(-c3cccc(Cl)c3)no2)cc1C(C)C. The minimum Gasteiger partial charge on any atom is -0.496 e. The van der Waals surface area contributed by atoms with Crippen molar-refractivity contribution in [3.63, 3.8) is 0 Å². The van der Waals surface area contributed by atoms with Crippen LogP contribution in [0, 0.1) is 6.92 Å². The fourth-order valence-corrected chi connectivity index (χ4v) is 3.29. The van der Waals surface area contributed by atoms with E-state index in [2.05, 4.69) is 24.0 Å². The lowest BCUT2D eigenvalue weighted by atomic mass is 9.96. The molecule has 0 saturated heterocycles. The molecule has 1 aromatic heterocycles. The Balaban J connectivity index is 1.80. The summed E-state index contributed by atoms with van der Waals surface area (Å²) >= 11 is 6.02. The van der Waals surface area contributed by atoms with E-state index in [-0.39, 0.29) is 18.4 Å². The summed E-state index contributed by atoms with van der Waals surface area (Å²) in [6.07, 6.45) is 0. The molecule has 0 atom stereocenters. The van der Waals surface area contributed by atoms with Crippen LogP contribution in [0.25, 0.3) is 11.4 Å². The predicted molar refractivity (Wildman–Crippen MR) is 112 cm³/mol. The first kappa shape index (κ1) is 20.9. The molecular weight excluding hydrogens is 390 g/mol. The van der Waals surface area contributed by atoms with E-state index in [0.29, 0.717) is 22.3 Å². The molecule has 6 nitrogen and oxygen atoms in total. The van der Waals surface area contributed by atoms with Gasteiger partial charge in [-0.3, -0.25) is 4.79 Å². The Morgan fingerprint density at radius 3 is 2.69 bits per heavy atom. The van der Waals surface area contributed by atoms with E-state index in [1.54, 1.807) is 31.2 Å². The number of nitrogens with zero attached hydrogens (tertiary/aromatic N) is 3. The average Bonchev–Trinajstić information content (AvgIpc) is 3.15. The predicted octanol–water partition coefficient (Wildman–Crippen LogP) is 5.10. The van der Waals surface area contributed by atoms with Gasteiger partial charge in [0.1, 0.15) is 5.75 Å². The molecule has 0 N–H and O–H groups in total. The summed E-state index contributed by atoms with van der Waals surface area (Å²) in [4.78, 5) is 19.0. The summed E-state index contributed by atoms with van der Waals surface area (Å²) in [5.41, 5.74) is 3.24. The highest BCUT2D eigenvalue weighted by Gasteiger charge is 2.20. The number of methoxy groups -OCH3 is 1. The van der Waals surface area contributed by atoms with Crippen molar-refractivity contribution in [2.45, 2.75) is 33.2 Å². The number of benzene rings is 2. The number of halogens is 1. The van der Waals surface area contributed by atoms with E-state index >= 15 is 0 Å². The molecule has 1 heterocycles. The van der Waals surface area contributed by atoms with Crippen LogP contribution in [0.3, 0.4) is 0 Å². The molecule has 0 bridgehead atoms. The number of ether oxygens (including phenoxy) is 1. The minimum atomic E-state index is -0.116. The van der Waals surface area contributed by atoms with Crippen molar-refractivity contribution < 1.29 is 14.1 Å². The highest BCUT2D eigenvalue weighted by Crippen LogP contribution is 2.30. The van der Waals surface area contributed by atoms with Gasteiger partial charge in [0, 0.05) is 23.2 Å². The van der Waals surface area contributed by atoms with Gasteiger partial charge in [-0.25, -0.2) is 0 Å². The van der Waals surface area contributed by atoms with E-state index < -0.39 is 0 Å². The summed E-state index contributed by atoms with van der Waals surface area (Å²) in [6, 6.07) is 11.0. The van der Waals surface area contributed by atoms with Gasteiger partial charge >= 0.3 is 0 Å². The zero-order chi connectivity index (χ0) is 21.1. The average molecular weight is 414 g/mol. The van der Waals surface area contributed by atoms with Crippen LogP contribution in [0.15, 0.2) is 40.9 Å². The Morgan fingerprint density at radius 2 is 2.03 bits per heavy atom. The fraction of sp³-hybridized carbons (Fsp3) is 0.318. The number of carbonyl (C=O) groups is 1. The van der Waals surface area contributed by atoms with Crippen molar-refractivity contribution in [3.05, 3.63) is 64.0 Å². The lowest BCUT2D eigenvalue weighted by Gasteiger charge is -2.19. The zero-order valence-electron chi connectivity index (χ0n) is 17.2. The molecule has 0 radical (unpaired) electrons. The highest BCUT2D eigenvalue weighted by molar-refractivity contribution is 6.30. The molecule has 0 aliphatic rings. The largest absolute Gasteiger partial charge is 0.496 e. The molecule has 3 aromatic rings. The Bertz CT molecular complexity index is 1030. The lowest BCUT2D eigenvalue weighted by molar-refractivity contribution is 0.0768. The summed E-state index contributed by atoms with van der Waals surface area (Å²) in [5, 5.41) is 4.59. The molecule has 0 fully saturated rings. The summed E-state index contributed by atoms with van der Waals surface area (Å²) in [5.74, 6) is 1.70. The second-order valence-electron chi connectivity index (χ2n) is 7.25. The zero-order valence-corrected chi connectivity index (χ0v) is 17.9. The smallest absolute Gasteiger partial charge is 0.254 e. The molecule has 1 amide bonds. The van der Waals surface area contributed by atoms with E-state index in [1.165, 1.54) is 0 Å². The Kier molecular flexibility index (Phi) is 6.23. The molecule has 29 heavy (non-hydrogen) atoms. The molecule has 0 spiro atoms. The maximum absolute atomic E-state index is 13.0. The van der Waals surface area contributed by atoms with Crippen molar-refractivity contribution in [1.82, 2.24) is 15.0 Å². The van der Waals surface area contributed by atoms with Crippen LogP contribution < -0.4 is 4.74 Å². The molecule has 0 unspecified atom stereocenters.